The summed E-state index contributed by atoms with van der Waals surface area (Å²) >= 11 is 0. The monoisotopic (exact) mass is 333 g/mol. The first-order chi connectivity index (χ1) is 11.6. The molecule has 1 aliphatic rings. The van der Waals surface area contributed by atoms with Gasteiger partial charge in [-0.25, -0.2) is 0 Å². The third-order valence-corrected chi connectivity index (χ3v) is 4.52. The summed E-state index contributed by atoms with van der Waals surface area (Å²) in [5.74, 6) is 2.66. The van der Waals surface area contributed by atoms with E-state index in [1.807, 2.05) is 26.0 Å². The third kappa shape index (κ3) is 2.85. The Morgan fingerprint density at radius 2 is 2.04 bits per heavy atom. The van der Waals surface area contributed by atoms with E-state index < -0.39 is 6.10 Å². The minimum atomic E-state index is -0.671. The van der Waals surface area contributed by atoms with Crippen LogP contribution in [0.5, 0.6) is 11.5 Å². The van der Waals surface area contributed by atoms with Crippen molar-refractivity contribution in [2.45, 2.75) is 39.0 Å². The minimum absolute atomic E-state index is 0.100. The topological polar surface area (TPSA) is 80.9 Å². The highest BCUT2D eigenvalue weighted by atomic mass is 16.5. The van der Waals surface area contributed by atoms with Crippen LogP contribution in [-0.2, 0) is 13.0 Å². The summed E-state index contributed by atoms with van der Waals surface area (Å²) in [6.07, 6.45) is 0.0574. The van der Waals surface area contributed by atoms with Crippen molar-refractivity contribution in [3.63, 3.8) is 0 Å². The van der Waals surface area contributed by atoms with E-state index in [2.05, 4.69) is 15.0 Å². The lowest BCUT2D eigenvalue weighted by molar-refractivity contribution is 0.0567. The van der Waals surface area contributed by atoms with Crippen molar-refractivity contribution in [1.29, 1.82) is 0 Å². The van der Waals surface area contributed by atoms with E-state index in [4.69, 9.17) is 14.0 Å². The van der Waals surface area contributed by atoms with Gasteiger partial charge in [-0.2, -0.15) is 4.98 Å². The second kappa shape index (κ2) is 6.78. The molecule has 130 valence electrons. The molecular formula is C17H23N3O4. The Morgan fingerprint density at radius 1 is 1.33 bits per heavy atom. The van der Waals surface area contributed by atoms with Gasteiger partial charge < -0.3 is 19.1 Å². The van der Waals surface area contributed by atoms with Crippen molar-refractivity contribution >= 4 is 0 Å². The summed E-state index contributed by atoms with van der Waals surface area (Å²) in [6.45, 7) is 5.05. The van der Waals surface area contributed by atoms with E-state index in [9.17, 15) is 5.11 Å². The van der Waals surface area contributed by atoms with E-state index in [0.29, 0.717) is 30.6 Å². The SMILES string of the molecule is CCc1noc([C@@H](C)N2Cc3c(OC)ccc(OC)c3[C@H](O)C2)n1. The molecule has 0 saturated carbocycles. The van der Waals surface area contributed by atoms with Gasteiger partial charge >= 0.3 is 0 Å². The van der Waals surface area contributed by atoms with Crippen LogP contribution in [0.25, 0.3) is 0 Å². The molecule has 1 N–H and O–H groups in total. The first-order valence-corrected chi connectivity index (χ1v) is 8.07. The molecule has 0 amide bonds. The second-order valence-corrected chi connectivity index (χ2v) is 5.89. The lowest BCUT2D eigenvalue weighted by Gasteiger charge is -2.36. The zero-order valence-electron chi connectivity index (χ0n) is 14.4. The number of aromatic nitrogens is 2. The summed E-state index contributed by atoms with van der Waals surface area (Å²) < 4.78 is 16.2. The molecule has 2 heterocycles. The lowest BCUT2D eigenvalue weighted by atomic mass is 9.94. The van der Waals surface area contributed by atoms with Gasteiger partial charge in [-0.1, -0.05) is 12.1 Å². The average molecular weight is 333 g/mol. The summed E-state index contributed by atoms with van der Waals surface area (Å²) in [5, 5.41) is 14.6. The van der Waals surface area contributed by atoms with Crippen molar-refractivity contribution in [3.05, 3.63) is 35.0 Å². The van der Waals surface area contributed by atoms with Gasteiger partial charge in [0.2, 0.25) is 5.89 Å². The van der Waals surface area contributed by atoms with Crippen LogP contribution in [0.3, 0.4) is 0 Å². The highest BCUT2D eigenvalue weighted by Gasteiger charge is 2.33. The summed E-state index contributed by atoms with van der Waals surface area (Å²) in [5.41, 5.74) is 1.72. The lowest BCUT2D eigenvalue weighted by Crippen LogP contribution is -2.36. The van der Waals surface area contributed by atoms with Crippen LogP contribution in [0.4, 0.5) is 0 Å². The molecule has 3 rings (SSSR count). The van der Waals surface area contributed by atoms with Crippen LogP contribution in [0, 0.1) is 0 Å². The molecule has 0 aliphatic carbocycles. The third-order valence-electron chi connectivity index (χ3n) is 4.52. The maximum atomic E-state index is 10.7. The molecule has 0 radical (unpaired) electrons. The number of benzene rings is 1. The zero-order valence-corrected chi connectivity index (χ0v) is 14.4. The smallest absolute Gasteiger partial charge is 0.243 e. The van der Waals surface area contributed by atoms with Gasteiger partial charge in [0.1, 0.15) is 11.5 Å². The van der Waals surface area contributed by atoms with Crippen molar-refractivity contribution in [3.8, 4) is 11.5 Å². The quantitative estimate of drug-likeness (QED) is 0.899. The maximum absolute atomic E-state index is 10.7. The van der Waals surface area contributed by atoms with Crippen molar-refractivity contribution in [1.82, 2.24) is 15.0 Å². The van der Waals surface area contributed by atoms with Crippen molar-refractivity contribution in [2.75, 3.05) is 20.8 Å². The predicted molar refractivity (Wildman–Crippen MR) is 87.0 cm³/mol. The minimum Gasteiger partial charge on any atom is -0.496 e. The fourth-order valence-corrected chi connectivity index (χ4v) is 3.13. The molecular weight excluding hydrogens is 310 g/mol. The number of aliphatic hydroxyl groups is 1. The van der Waals surface area contributed by atoms with E-state index in [0.717, 1.165) is 23.3 Å². The Bertz CT molecular complexity index is 716. The Hall–Kier alpha value is -2.12. The highest BCUT2D eigenvalue weighted by Crippen LogP contribution is 2.41. The molecule has 7 nitrogen and oxygen atoms in total. The number of fused-ring (bicyclic) bond motifs is 1. The number of aliphatic hydroxyl groups excluding tert-OH is 1. The summed E-state index contributed by atoms with van der Waals surface area (Å²) in [7, 11) is 3.23. The van der Waals surface area contributed by atoms with Crippen LogP contribution in [0.15, 0.2) is 16.7 Å². The number of nitrogens with zero attached hydrogens (tertiary/aromatic N) is 3. The first kappa shape index (κ1) is 16.7. The standard InChI is InChI=1S/C17H23N3O4/c1-5-15-18-17(24-19-15)10(2)20-8-11-13(22-3)6-7-14(23-4)16(11)12(21)9-20/h6-7,10,12,21H,5,8-9H2,1-4H3/t10-,12-/m1/s1. The Morgan fingerprint density at radius 3 is 2.67 bits per heavy atom. The fraction of sp³-hybridized carbons (Fsp3) is 0.529. The fourth-order valence-electron chi connectivity index (χ4n) is 3.13. The maximum Gasteiger partial charge on any atom is 0.243 e. The van der Waals surface area contributed by atoms with Gasteiger partial charge in [-0.3, -0.25) is 4.90 Å². The summed E-state index contributed by atoms with van der Waals surface area (Å²) in [4.78, 5) is 6.50. The molecule has 2 atom stereocenters. The molecule has 0 saturated heterocycles. The first-order valence-electron chi connectivity index (χ1n) is 8.07. The average Bonchev–Trinajstić information content (AvgIpc) is 3.09. The Balaban J connectivity index is 1.93. The summed E-state index contributed by atoms with van der Waals surface area (Å²) in [6, 6.07) is 3.59. The van der Waals surface area contributed by atoms with Gasteiger partial charge in [0, 0.05) is 30.6 Å². The Kier molecular flexibility index (Phi) is 4.73. The molecule has 24 heavy (non-hydrogen) atoms. The van der Waals surface area contributed by atoms with Gasteiger partial charge in [0.05, 0.1) is 26.4 Å². The predicted octanol–water partition coefficient (Wildman–Crippen LogP) is 2.26. The number of methoxy groups -OCH3 is 2. The normalized spacial score (nSPS) is 19.0. The molecule has 1 aromatic heterocycles. The van der Waals surface area contributed by atoms with E-state index in [-0.39, 0.29) is 6.04 Å². The van der Waals surface area contributed by atoms with Gasteiger partial charge in [-0.05, 0) is 19.1 Å². The largest absolute Gasteiger partial charge is 0.496 e. The second-order valence-electron chi connectivity index (χ2n) is 5.89. The number of hydrogen-bond donors (Lipinski definition) is 1. The Labute approximate surface area is 141 Å². The molecule has 0 unspecified atom stereocenters. The van der Waals surface area contributed by atoms with E-state index in [1.54, 1.807) is 14.2 Å². The molecule has 7 heteroatoms. The van der Waals surface area contributed by atoms with E-state index in [1.165, 1.54) is 0 Å². The van der Waals surface area contributed by atoms with Crippen LogP contribution >= 0.6 is 0 Å². The molecule has 1 aliphatic heterocycles. The van der Waals surface area contributed by atoms with Crippen LogP contribution in [0.1, 0.15) is 48.8 Å². The molecule has 0 fully saturated rings. The number of hydrogen-bond acceptors (Lipinski definition) is 7. The zero-order chi connectivity index (χ0) is 17.3. The molecule has 1 aromatic carbocycles. The van der Waals surface area contributed by atoms with Crippen LogP contribution in [-0.4, -0.2) is 40.9 Å². The number of β-amino-alcohol motifs (C(OH)–C–C–N with tert-alkyl or cyclic N) is 1. The van der Waals surface area contributed by atoms with Crippen molar-refractivity contribution < 1.29 is 19.1 Å². The van der Waals surface area contributed by atoms with Gasteiger partial charge in [0.15, 0.2) is 5.82 Å². The molecule has 2 aromatic rings. The number of rotatable bonds is 5. The van der Waals surface area contributed by atoms with Crippen molar-refractivity contribution in [2.24, 2.45) is 0 Å². The van der Waals surface area contributed by atoms with Gasteiger partial charge in [-0.15, -0.1) is 0 Å². The van der Waals surface area contributed by atoms with Crippen LogP contribution in [0.2, 0.25) is 0 Å². The highest BCUT2D eigenvalue weighted by molar-refractivity contribution is 5.51. The number of ether oxygens (including phenoxy) is 2. The van der Waals surface area contributed by atoms with Gasteiger partial charge in [0.25, 0.3) is 0 Å². The molecule has 0 spiro atoms. The van der Waals surface area contributed by atoms with E-state index >= 15 is 0 Å². The number of aryl methyl sites for hydroxylation is 1. The molecule has 0 bridgehead atoms. The van der Waals surface area contributed by atoms with Crippen LogP contribution < -0.4 is 9.47 Å².